The fourth-order valence-corrected chi connectivity index (χ4v) is 4.67. The average molecular weight is 1250 g/mol. The first kappa shape index (κ1) is 87.8. The lowest BCUT2D eigenvalue weighted by Crippen LogP contribution is -2.34. The molecule has 1 aromatic carbocycles. The van der Waals surface area contributed by atoms with Crippen LogP contribution in [0.25, 0.3) is 10.9 Å². The maximum atomic E-state index is 10.6. The van der Waals surface area contributed by atoms with E-state index in [1.54, 1.807) is 0 Å². The number of primary amides is 1. The number of aliphatic hydroxyl groups is 1. The molecule has 0 aliphatic rings. The van der Waals surface area contributed by atoms with E-state index in [0.29, 0.717) is 45.2 Å². The smallest absolute Gasteiger partial charge is 0.322 e. The summed E-state index contributed by atoms with van der Waals surface area (Å²) in [6.45, 7) is 0.460. The summed E-state index contributed by atoms with van der Waals surface area (Å²) in [5, 5.41) is 118. The lowest BCUT2D eigenvalue weighted by atomic mass is 10.1. The quantitative estimate of drug-likeness (QED) is 0.0190. The van der Waals surface area contributed by atoms with Crippen LogP contribution in [-0.4, -0.2) is 218 Å². The lowest BCUT2D eigenvalue weighted by molar-refractivity contribution is -0.141. The zero-order valence-electron chi connectivity index (χ0n) is 46.4. The highest BCUT2D eigenvalue weighted by atomic mass is 16.4. The van der Waals surface area contributed by atoms with Gasteiger partial charge in [0, 0.05) is 62.3 Å². The third-order valence-corrected chi connectivity index (χ3v) is 9.57. The Morgan fingerprint density at radius 3 is 0.942 bits per heavy atom. The van der Waals surface area contributed by atoms with E-state index in [1.165, 1.54) is 0 Å². The predicted octanol–water partition coefficient (Wildman–Crippen LogP) is -6.71. The molecule has 0 fully saturated rings. The number of carbonyl (C=O) groups is 12. The van der Waals surface area contributed by atoms with E-state index >= 15 is 0 Å². The number of rotatable bonds is 31. The van der Waals surface area contributed by atoms with E-state index in [0.717, 1.165) is 16.5 Å². The van der Waals surface area contributed by atoms with Crippen molar-refractivity contribution in [3.8, 4) is 0 Å². The summed E-state index contributed by atoms with van der Waals surface area (Å²) >= 11 is 0. The van der Waals surface area contributed by atoms with Gasteiger partial charge in [0.05, 0.1) is 6.61 Å². The lowest BCUT2D eigenvalue weighted by Gasteiger charge is -2.06. The number of aliphatic hydroxyl groups excluding tert-OH is 1. The Bertz CT molecular complexity index is 2240. The molecule has 0 saturated heterocycles. The van der Waals surface area contributed by atoms with Crippen molar-refractivity contribution >= 4 is 94.4 Å². The van der Waals surface area contributed by atoms with E-state index in [-0.39, 0.29) is 63.3 Å². The molecule has 0 saturated carbocycles. The van der Waals surface area contributed by atoms with Gasteiger partial charge in [-0.25, -0.2) is 0 Å². The van der Waals surface area contributed by atoms with Crippen molar-refractivity contribution in [3.63, 3.8) is 0 Å². The Labute approximate surface area is 489 Å². The van der Waals surface area contributed by atoms with E-state index in [4.69, 9.17) is 135 Å². The van der Waals surface area contributed by atoms with Gasteiger partial charge in [0.2, 0.25) is 5.91 Å². The summed E-state index contributed by atoms with van der Waals surface area (Å²) in [6, 6.07) is -0.00967. The van der Waals surface area contributed by atoms with Crippen molar-refractivity contribution in [1.82, 2.24) is 15.6 Å². The molecule has 86 heavy (non-hydrogen) atoms. The van der Waals surface area contributed by atoms with Crippen molar-refractivity contribution < 1.29 is 119 Å². The van der Waals surface area contributed by atoms with Gasteiger partial charge in [0.25, 0.3) is 0 Å². The van der Waals surface area contributed by atoms with E-state index in [1.807, 2.05) is 30.5 Å². The number of nitrogens with two attached hydrogens (primary N) is 11. The number of aromatic amines is 1. The Balaban J connectivity index is -0.000000214. The third kappa shape index (κ3) is 59.2. The minimum absolute atomic E-state index is 0.0213. The molecule has 0 spiro atoms. The first-order chi connectivity index (χ1) is 39.6. The number of aromatic nitrogens is 1. The molecule has 0 aliphatic carbocycles. The SMILES string of the molecule is N=C(N)NCCCC(N)C(=O)O.N=C(N)NCCCC(N)C(=O)O.NC(=O)CCC(N)C(=O)O.NC(CCC(=O)O)C(=O)O.NC(CCC(=O)O)C(=O)O.NC(CCC(=O)O)C(=O)O.NC(CO)C(=O)O.NC(Cc1c[nH]c2ccccc12)C(=O)O. The summed E-state index contributed by atoms with van der Waals surface area (Å²) in [5.74, 6) is -12.6. The van der Waals surface area contributed by atoms with Crippen LogP contribution in [0.1, 0.15) is 82.6 Å². The maximum absolute atomic E-state index is 10.6. The Morgan fingerprint density at radius 1 is 0.419 bits per heavy atom. The monoisotopic (exact) mass is 1240 g/mol. The fraction of sp³-hybridized carbons (Fsp3) is 0.522. The number of carboxylic acids is 11. The molecule has 1 amide bonds. The fourth-order valence-electron chi connectivity index (χ4n) is 4.67. The number of H-pyrrole nitrogens is 1. The van der Waals surface area contributed by atoms with Gasteiger partial charge in [-0.3, -0.25) is 68.4 Å². The van der Waals surface area contributed by atoms with Gasteiger partial charge in [0.1, 0.15) is 48.3 Å². The van der Waals surface area contributed by atoms with Crippen molar-refractivity contribution in [1.29, 1.82) is 10.8 Å². The van der Waals surface area contributed by atoms with Gasteiger partial charge >= 0.3 is 65.7 Å². The van der Waals surface area contributed by atoms with Crippen LogP contribution in [0.4, 0.5) is 0 Å². The molecule has 2 rings (SSSR count). The third-order valence-electron chi connectivity index (χ3n) is 9.57. The van der Waals surface area contributed by atoms with Crippen LogP contribution in [0.3, 0.4) is 0 Å². The summed E-state index contributed by atoms with van der Waals surface area (Å²) in [6.07, 6.45) is 3.56. The zero-order valence-corrected chi connectivity index (χ0v) is 46.4. The molecule has 39 N–H and O–H groups in total. The van der Waals surface area contributed by atoms with Crippen LogP contribution in [0.5, 0.6) is 0 Å². The standard InChI is InChI=1S/C11H12N2O2.2C6H14N4O2.C5H10N2O3.3C5H9NO4.C3H7NO3/c12-9(11(14)15)5-7-6-13-10-4-2-1-3-8(7)10;2*7-4(5(11)12)2-1-3-10-6(8)9;4*6-3(5(9)10)1-2-4(7)8;4-2(1-5)3(6)7/h1-4,6,9,13H,5,12H2,(H,14,15);2*4H,1-3,7H2,(H,11,12)(H4,8,9,10);3H,1-2,6H2,(H2,7,8)(H,9,10);3*3H,1-2,6H2,(H,7,8)(H,9,10);2,5H,1,4H2,(H,6,7). The second-order valence-electron chi connectivity index (χ2n) is 17.1. The molecule has 0 radical (unpaired) electrons. The highest BCUT2D eigenvalue weighted by Crippen LogP contribution is 2.18. The average Bonchev–Trinajstić information content (AvgIpc) is 3.86. The van der Waals surface area contributed by atoms with Gasteiger partial charge in [-0.05, 0) is 63.0 Å². The van der Waals surface area contributed by atoms with Crippen molar-refractivity contribution in [2.75, 3.05) is 19.7 Å². The molecule has 492 valence electrons. The zero-order chi connectivity index (χ0) is 68.4. The van der Waals surface area contributed by atoms with Crippen LogP contribution >= 0.6 is 0 Å². The summed E-state index contributed by atoms with van der Waals surface area (Å²) in [4.78, 5) is 124. The molecule has 40 nitrogen and oxygen atoms in total. The van der Waals surface area contributed by atoms with Crippen molar-refractivity contribution in [3.05, 3.63) is 36.0 Å². The Hall–Kier alpha value is -9.42. The van der Waals surface area contributed by atoms with Crippen LogP contribution in [0.2, 0.25) is 0 Å². The second kappa shape index (κ2) is 52.4. The molecule has 0 aliphatic heterocycles. The normalized spacial score (nSPS) is 12.5. The van der Waals surface area contributed by atoms with Crippen LogP contribution in [-0.2, 0) is 64.0 Å². The van der Waals surface area contributed by atoms with E-state index in [2.05, 4.69) is 15.6 Å². The van der Waals surface area contributed by atoms with Gasteiger partial charge in [-0.2, -0.15) is 0 Å². The van der Waals surface area contributed by atoms with Gasteiger partial charge in [0.15, 0.2) is 11.9 Å². The predicted molar refractivity (Wildman–Crippen MR) is 301 cm³/mol. The molecule has 8 atom stereocenters. The summed E-state index contributed by atoms with van der Waals surface area (Å²) in [7, 11) is 0. The van der Waals surface area contributed by atoms with Crippen LogP contribution in [0, 0.1) is 10.8 Å². The minimum Gasteiger partial charge on any atom is -0.481 e. The number of benzene rings is 1. The topological polar surface area (TPSA) is 821 Å². The maximum Gasteiger partial charge on any atom is 0.322 e. The highest BCUT2D eigenvalue weighted by Gasteiger charge is 2.17. The first-order valence-corrected chi connectivity index (χ1v) is 24.7. The number of amides is 1. The molecule has 1 heterocycles. The molecule has 2 aromatic rings. The number of hydrogen-bond acceptors (Lipinski definition) is 23. The summed E-state index contributed by atoms with van der Waals surface area (Å²) in [5.41, 5.74) is 57.4. The largest absolute Gasteiger partial charge is 0.481 e. The number of guanidine groups is 2. The number of carbonyl (C=O) groups excluding carboxylic acids is 1. The number of hydrogen-bond donors (Lipinski definition) is 28. The van der Waals surface area contributed by atoms with E-state index in [9.17, 15) is 57.5 Å². The number of nitrogens with one attached hydrogen (secondary N) is 5. The number of carboxylic acid groups (broad SMARTS) is 11. The van der Waals surface area contributed by atoms with Crippen molar-refractivity contribution in [2.45, 2.75) is 132 Å². The van der Waals surface area contributed by atoms with Crippen LogP contribution in [0.15, 0.2) is 30.5 Å². The van der Waals surface area contributed by atoms with E-state index < -0.39 is 127 Å². The summed E-state index contributed by atoms with van der Waals surface area (Å²) < 4.78 is 0. The number of fused-ring (bicyclic) bond motifs is 1. The molecule has 0 bridgehead atoms. The minimum atomic E-state index is -1.18. The molecule has 40 heteroatoms. The molecule has 8 unspecified atom stereocenters. The number of aliphatic carboxylic acids is 11. The van der Waals surface area contributed by atoms with Crippen molar-refractivity contribution in [2.24, 2.45) is 63.1 Å². The van der Waals surface area contributed by atoms with Gasteiger partial charge in [-0.1, -0.05) is 18.2 Å². The van der Waals surface area contributed by atoms with Gasteiger partial charge < -0.3 is 140 Å². The van der Waals surface area contributed by atoms with Crippen LogP contribution < -0.4 is 73.7 Å². The van der Waals surface area contributed by atoms with Gasteiger partial charge in [-0.15, -0.1) is 0 Å². The molecular weight excluding hydrogens is 1160 g/mol. The Morgan fingerprint density at radius 2 is 0.698 bits per heavy atom. The molecule has 1 aromatic heterocycles. The first-order valence-electron chi connectivity index (χ1n) is 24.7. The second-order valence-corrected chi connectivity index (χ2v) is 17.1. The highest BCUT2D eigenvalue weighted by molar-refractivity contribution is 5.84. The molecular formula is C46H84N16O24. The Kier molecular flexibility index (Phi) is 53.5. The number of para-hydroxylation sites is 1.